The second kappa shape index (κ2) is 6.70. The van der Waals surface area contributed by atoms with Gasteiger partial charge in [-0.1, -0.05) is 6.07 Å². The van der Waals surface area contributed by atoms with Gasteiger partial charge in [0.2, 0.25) is 0 Å². The van der Waals surface area contributed by atoms with Gasteiger partial charge in [-0.05, 0) is 38.5 Å². The Hall–Kier alpha value is -2.37. The molecular formula is C14H19N5O. The van der Waals surface area contributed by atoms with E-state index < -0.39 is 0 Å². The zero-order valence-electron chi connectivity index (χ0n) is 11.8. The number of hydrogen-bond acceptors (Lipinski definition) is 3. The van der Waals surface area contributed by atoms with Crippen LogP contribution in [0.5, 0.6) is 0 Å². The number of urea groups is 1. The highest BCUT2D eigenvalue weighted by molar-refractivity contribution is 5.88. The molecule has 0 aliphatic carbocycles. The van der Waals surface area contributed by atoms with Crippen molar-refractivity contribution in [3.05, 3.63) is 41.9 Å². The molecule has 0 unspecified atom stereocenters. The van der Waals surface area contributed by atoms with Gasteiger partial charge >= 0.3 is 6.03 Å². The molecule has 6 nitrogen and oxygen atoms in total. The molecule has 0 radical (unpaired) electrons. The minimum Gasteiger partial charge on any atom is -0.338 e. The molecule has 0 saturated heterocycles. The molecule has 6 heteroatoms. The summed E-state index contributed by atoms with van der Waals surface area (Å²) in [4.78, 5) is 15.6. The average molecular weight is 273 g/mol. The molecule has 0 saturated carbocycles. The lowest BCUT2D eigenvalue weighted by Gasteiger charge is -2.07. The van der Waals surface area contributed by atoms with Gasteiger partial charge in [-0.2, -0.15) is 5.10 Å². The van der Waals surface area contributed by atoms with Crippen LogP contribution in [0.3, 0.4) is 0 Å². The Morgan fingerprint density at radius 3 is 2.85 bits per heavy atom. The SMILES string of the molecule is Cc1cc(C)n(CCCNC(=O)Nc2ccccn2)n1. The zero-order valence-corrected chi connectivity index (χ0v) is 11.8. The molecule has 20 heavy (non-hydrogen) atoms. The molecule has 0 atom stereocenters. The van der Waals surface area contributed by atoms with Gasteiger partial charge in [0.25, 0.3) is 0 Å². The molecule has 0 aromatic carbocycles. The number of carbonyl (C=O) groups is 1. The van der Waals surface area contributed by atoms with Crippen molar-refractivity contribution < 1.29 is 4.79 Å². The number of hydrogen-bond donors (Lipinski definition) is 2. The van der Waals surface area contributed by atoms with Gasteiger partial charge < -0.3 is 5.32 Å². The van der Waals surface area contributed by atoms with Crippen molar-refractivity contribution in [3.63, 3.8) is 0 Å². The lowest BCUT2D eigenvalue weighted by molar-refractivity contribution is 0.251. The first kappa shape index (κ1) is 14.0. The minimum atomic E-state index is -0.239. The van der Waals surface area contributed by atoms with Crippen LogP contribution in [-0.2, 0) is 6.54 Å². The summed E-state index contributed by atoms with van der Waals surface area (Å²) in [5.41, 5.74) is 2.16. The molecule has 106 valence electrons. The van der Waals surface area contributed by atoms with Crippen molar-refractivity contribution in [2.45, 2.75) is 26.8 Å². The largest absolute Gasteiger partial charge is 0.338 e. The van der Waals surface area contributed by atoms with Crippen molar-refractivity contribution >= 4 is 11.8 Å². The molecule has 2 aromatic rings. The molecule has 0 spiro atoms. The first-order valence-electron chi connectivity index (χ1n) is 6.62. The van der Waals surface area contributed by atoms with Crippen LogP contribution in [0.1, 0.15) is 17.8 Å². The minimum absolute atomic E-state index is 0.239. The van der Waals surface area contributed by atoms with Crippen LogP contribution in [-0.4, -0.2) is 27.3 Å². The number of nitrogens with one attached hydrogen (secondary N) is 2. The van der Waals surface area contributed by atoms with Crippen LogP contribution >= 0.6 is 0 Å². The quantitative estimate of drug-likeness (QED) is 0.819. The fourth-order valence-electron chi connectivity index (χ4n) is 1.93. The number of aromatic nitrogens is 3. The van der Waals surface area contributed by atoms with Crippen molar-refractivity contribution in [3.8, 4) is 0 Å². The summed E-state index contributed by atoms with van der Waals surface area (Å²) in [5, 5.41) is 9.84. The second-order valence-electron chi connectivity index (χ2n) is 4.60. The Balaban J connectivity index is 1.68. The summed E-state index contributed by atoms with van der Waals surface area (Å²) >= 11 is 0. The maximum Gasteiger partial charge on any atom is 0.320 e. The smallest absolute Gasteiger partial charge is 0.320 e. The molecule has 0 aliphatic rings. The maximum absolute atomic E-state index is 11.6. The van der Waals surface area contributed by atoms with Gasteiger partial charge in [-0.15, -0.1) is 0 Å². The first-order valence-corrected chi connectivity index (χ1v) is 6.62. The Morgan fingerprint density at radius 2 is 2.20 bits per heavy atom. The Labute approximate surface area is 118 Å². The van der Waals surface area contributed by atoms with Crippen molar-refractivity contribution in [1.29, 1.82) is 0 Å². The Morgan fingerprint density at radius 1 is 1.35 bits per heavy atom. The van der Waals surface area contributed by atoms with Gasteiger partial charge in [-0.3, -0.25) is 10.00 Å². The van der Waals surface area contributed by atoms with Crippen LogP contribution < -0.4 is 10.6 Å². The summed E-state index contributed by atoms with van der Waals surface area (Å²) in [6, 6.07) is 7.18. The fraction of sp³-hybridized carbons (Fsp3) is 0.357. The van der Waals surface area contributed by atoms with E-state index in [-0.39, 0.29) is 6.03 Å². The van der Waals surface area contributed by atoms with Crippen LogP contribution in [0, 0.1) is 13.8 Å². The summed E-state index contributed by atoms with van der Waals surface area (Å²) in [6.45, 7) is 5.39. The third-order valence-corrected chi connectivity index (χ3v) is 2.84. The predicted molar refractivity (Wildman–Crippen MR) is 77.6 cm³/mol. The highest BCUT2D eigenvalue weighted by Crippen LogP contribution is 2.02. The molecule has 2 aromatic heterocycles. The van der Waals surface area contributed by atoms with E-state index in [0.717, 1.165) is 24.4 Å². The number of anilines is 1. The number of rotatable bonds is 5. The highest BCUT2D eigenvalue weighted by Gasteiger charge is 2.03. The molecule has 0 aliphatic heterocycles. The summed E-state index contributed by atoms with van der Waals surface area (Å²) in [5.74, 6) is 0.545. The van der Waals surface area contributed by atoms with Crippen LogP contribution in [0.2, 0.25) is 0 Å². The fourth-order valence-corrected chi connectivity index (χ4v) is 1.93. The second-order valence-corrected chi connectivity index (χ2v) is 4.60. The average Bonchev–Trinajstić information content (AvgIpc) is 2.74. The van der Waals surface area contributed by atoms with E-state index >= 15 is 0 Å². The summed E-state index contributed by atoms with van der Waals surface area (Å²) in [6.07, 6.45) is 2.47. The lowest BCUT2D eigenvalue weighted by Crippen LogP contribution is -2.30. The maximum atomic E-state index is 11.6. The van der Waals surface area contributed by atoms with Gasteiger partial charge in [0.15, 0.2) is 0 Å². The van der Waals surface area contributed by atoms with E-state index in [1.54, 1.807) is 18.3 Å². The third kappa shape index (κ3) is 4.08. The van der Waals surface area contributed by atoms with E-state index in [4.69, 9.17) is 0 Å². The third-order valence-electron chi connectivity index (χ3n) is 2.84. The predicted octanol–water partition coefficient (Wildman–Crippen LogP) is 2.11. The van der Waals surface area contributed by atoms with Gasteiger partial charge in [0.05, 0.1) is 5.69 Å². The molecule has 2 N–H and O–H groups in total. The molecule has 2 amide bonds. The zero-order chi connectivity index (χ0) is 14.4. The first-order chi connectivity index (χ1) is 9.65. The van der Waals surface area contributed by atoms with E-state index in [0.29, 0.717) is 12.4 Å². The molecule has 2 rings (SSSR count). The molecule has 0 fully saturated rings. The monoisotopic (exact) mass is 273 g/mol. The normalized spacial score (nSPS) is 10.3. The number of aryl methyl sites for hydroxylation is 3. The van der Waals surface area contributed by atoms with Crippen LogP contribution in [0.25, 0.3) is 0 Å². The van der Waals surface area contributed by atoms with Crippen LogP contribution in [0.15, 0.2) is 30.5 Å². The van der Waals surface area contributed by atoms with Crippen molar-refractivity contribution in [2.75, 3.05) is 11.9 Å². The molecular weight excluding hydrogens is 254 g/mol. The Kier molecular flexibility index (Phi) is 4.70. The van der Waals surface area contributed by atoms with E-state index in [1.807, 2.05) is 30.7 Å². The van der Waals surface area contributed by atoms with Crippen molar-refractivity contribution in [2.24, 2.45) is 0 Å². The van der Waals surface area contributed by atoms with Crippen molar-refractivity contribution in [1.82, 2.24) is 20.1 Å². The van der Waals surface area contributed by atoms with Crippen LogP contribution in [0.4, 0.5) is 10.6 Å². The molecule has 0 bridgehead atoms. The number of pyridine rings is 1. The van der Waals surface area contributed by atoms with E-state index in [9.17, 15) is 4.79 Å². The molecule has 2 heterocycles. The standard InChI is InChI=1S/C14H19N5O/c1-11-10-12(2)19(18-11)9-5-8-16-14(20)17-13-6-3-4-7-15-13/h3-4,6-7,10H,5,8-9H2,1-2H3,(H2,15,16,17,20). The number of nitrogens with zero attached hydrogens (tertiary/aromatic N) is 3. The van der Waals surface area contributed by atoms with E-state index in [2.05, 4.69) is 20.7 Å². The number of carbonyl (C=O) groups excluding carboxylic acids is 1. The summed E-state index contributed by atoms with van der Waals surface area (Å²) in [7, 11) is 0. The Bertz CT molecular complexity index is 564. The lowest BCUT2D eigenvalue weighted by atomic mass is 10.4. The van der Waals surface area contributed by atoms with E-state index in [1.165, 1.54) is 0 Å². The topological polar surface area (TPSA) is 71.8 Å². The van der Waals surface area contributed by atoms with Gasteiger partial charge in [0, 0.05) is 25.0 Å². The highest BCUT2D eigenvalue weighted by atomic mass is 16.2. The number of amides is 2. The van der Waals surface area contributed by atoms with Gasteiger partial charge in [-0.25, -0.2) is 9.78 Å². The van der Waals surface area contributed by atoms with Gasteiger partial charge in [0.1, 0.15) is 5.82 Å². The summed E-state index contributed by atoms with van der Waals surface area (Å²) < 4.78 is 1.95.